The van der Waals surface area contributed by atoms with Crippen molar-refractivity contribution in [2.75, 3.05) is 18.8 Å². The Kier molecular flexibility index (Phi) is 5.02. The molecule has 5 nitrogen and oxygen atoms in total. The molecule has 2 rings (SSSR count). The Bertz CT molecular complexity index is 553. The molecule has 3 N–H and O–H groups in total. The molecule has 0 saturated carbocycles. The van der Waals surface area contributed by atoms with Gasteiger partial charge in [-0.2, -0.15) is 0 Å². The highest BCUT2D eigenvalue weighted by Crippen LogP contribution is 2.29. The Morgan fingerprint density at radius 3 is 2.52 bits per heavy atom. The molecule has 1 aliphatic heterocycles. The molecule has 1 saturated heterocycles. The maximum atomic E-state index is 13.5. The van der Waals surface area contributed by atoms with Crippen LogP contribution in [0.1, 0.15) is 39.2 Å². The maximum Gasteiger partial charge on any atom is 0.410 e. The van der Waals surface area contributed by atoms with E-state index >= 15 is 0 Å². The van der Waals surface area contributed by atoms with Gasteiger partial charge in [0.1, 0.15) is 5.60 Å². The van der Waals surface area contributed by atoms with Crippen LogP contribution in [-0.4, -0.2) is 34.8 Å². The smallest absolute Gasteiger partial charge is 0.410 e. The number of ether oxygens (including phenoxy) is 1. The molecule has 1 aromatic carbocycles. The lowest BCUT2D eigenvalue weighted by Crippen LogP contribution is -2.42. The van der Waals surface area contributed by atoms with Gasteiger partial charge in [0.2, 0.25) is 0 Å². The molecule has 0 atom stereocenters. The van der Waals surface area contributed by atoms with E-state index in [0.29, 0.717) is 25.4 Å². The molecule has 0 radical (unpaired) electrons. The summed E-state index contributed by atoms with van der Waals surface area (Å²) in [6.45, 7) is 6.81. The Labute approximate surface area is 136 Å². The summed E-state index contributed by atoms with van der Waals surface area (Å²) in [5, 5.41) is 9.37. The number of carbonyl (C=O) groups is 1. The van der Waals surface area contributed by atoms with E-state index in [-0.39, 0.29) is 11.8 Å². The summed E-state index contributed by atoms with van der Waals surface area (Å²) in [5.74, 6) is -0.822. The summed E-state index contributed by atoms with van der Waals surface area (Å²) in [7, 11) is 0. The van der Waals surface area contributed by atoms with E-state index < -0.39 is 17.2 Å². The number of amides is 1. The highest BCUT2D eigenvalue weighted by atomic mass is 19.1. The zero-order chi connectivity index (χ0) is 17.2. The number of carbonyl (C=O) groups excluding carboxylic acids is 1. The van der Waals surface area contributed by atoms with E-state index in [9.17, 15) is 14.3 Å². The van der Waals surface area contributed by atoms with Crippen LogP contribution >= 0.6 is 0 Å². The topological polar surface area (TPSA) is 75.8 Å². The Balaban J connectivity index is 1.89. The number of hydrogen-bond donors (Lipinski definition) is 2. The van der Waals surface area contributed by atoms with Crippen molar-refractivity contribution in [1.29, 1.82) is 0 Å². The molecule has 0 spiro atoms. The van der Waals surface area contributed by atoms with Crippen molar-refractivity contribution < 1.29 is 19.0 Å². The molecule has 23 heavy (non-hydrogen) atoms. The van der Waals surface area contributed by atoms with Gasteiger partial charge in [-0.3, -0.25) is 0 Å². The first kappa shape index (κ1) is 17.4. The normalized spacial score (nSPS) is 16.4. The highest BCUT2D eigenvalue weighted by molar-refractivity contribution is 5.68. The third kappa shape index (κ3) is 4.74. The molecule has 0 aromatic heterocycles. The molecular weight excluding hydrogens is 299 g/mol. The molecule has 1 fully saturated rings. The van der Waals surface area contributed by atoms with Crippen molar-refractivity contribution in [2.24, 2.45) is 5.92 Å². The van der Waals surface area contributed by atoms with E-state index in [0.717, 1.165) is 18.4 Å². The second-order valence-corrected chi connectivity index (χ2v) is 7.13. The summed E-state index contributed by atoms with van der Waals surface area (Å²) >= 11 is 0. The molecule has 0 bridgehead atoms. The van der Waals surface area contributed by atoms with Crippen LogP contribution in [0.3, 0.4) is 0 Å². The summed E-state index contributed by atoms with van der Waals surface area (Å²) < 4.78 is 18.9. The Morgan fingerprint density at radius 2 is 2.00 bits per heavy atom. The molecule has 6 heteroatoms. The van der Waals surface area contributed by atoms with Crippen LogP contribution in [0.4, 0.5) is 14.9 Å². The predicted molar refractivity (Wildman–Crippen MR) is 86.7 cm³/mol. The van der Waals surface area contributed by atoms with E-state index in [1.54, 1.807) is 11.0 Å². The fraction of sp³-hybridized carbons (Fsp3) is 0.588. The Morgan fingerprint density at radius 1 is 1.39 bits per heavy atom. The number of benzene rings is 1. The van der Waals surface area contributed by atoms with Crippen LogP contribution in [-0.2, 0) is 11.2 Å². The maximum absolute atomic E-state index is 13.5. The van der Waals surface area contributed by atoms with Crippen molar-refractivity contribution in [2.45, 2.75) is 45.6 Å². The van der Waals surface area contributed by atoms with Gasteiger partial charge >= 0.3 is 6.09 Å². The molecule has 1 heterocycles. The first-order valence-electron chi connectivity index (χ1n) is 7.90. The van der Waals surface area contributed by atoms with Gasteiger partial charge in [-0.1, -0.05) is 0 Å². The summed E-state index contributed by atoms with van der Waals surface area (Å²) in [6.07, 6.45) is 2.07. The fourth-order valence-electron chi connectivity index (χ4n) is 2.78. The van der Waals surface area contributed by atoms with E-state index in [4.69, 9.17) is 10.5 Å². The monoisotopic (exact) mass is 324 g/mol. The number of halogens is 1. The average molecular weight is 324 g/mol. The molecule has 0 unspecified atom stereocenters. The van der Waals surface area contributed by atoms with E-state index in [2.05, 4.69) is 0 Å². The predicted octanol–water partition coefficient (Wildman–Crippen LogP) is 3.30. The van der Waals surface area contributed by atoms with Crippen LogP contribution in [0.15, 0.2) is 12.1 Å². The quantitative estimate of drug-likeness (QED) is 0.646. The largest absolute Gasteiger partial charge is 0.503 e. The van der Waals surface area contributed by atoms with Gasteiger partial charge in [-0.05, 0) is 63.6 Å². The van der Waals surface area contributed by atoms with Gasteiger partial charge in [0.15, 0.2) is 11.6 Å². The first-order valence-corrected chi connectivity index (χ1v) is 7.90. The van der Waals surface area contributed by atoms with Gasteiger partial charge in [-0.15, -0.1) is 0 Å². The average Bonchev–Trinajstić information content (AvgIpc) is 2.43. The number of rotatable bonds is 2. The van der Waals surface area contributed by atoms with Crippen LogP contribution in [0.2, 0.25) is 0 Å². The Hall–Kier alpha value is -1.98. The van der Waals surface area contributed by atoms with Gasteiger partial charge in [0.25, 0.3) is 0 Å². The van der Waals surface area contributed by atoms with Gasteiger partial charge < -0.3 is 20.5 Å². The lowest BCUT2D eigenvalue weighted by atomic mass is 9.90. The lowest BCUT2D eigenvalue weighted by molar-refractivity contribution is 0.0184. The van der Waals surface area contributed by atoms with Crippen molar-refractivity contribution in [3.8, 4) is 5.75 Å². The molecule has 1 aliphatic rings. The highest BCUT2D eigenvalue weighted by Gasteiger charge is 2.27. The van der Waals surface area contributed by atoms with Gasteiger partial charge in [0, 0.05) is 13.1 Å². The zero-order valence-electron chi connectivity index (χ0n) is 13.9. The second kappa shape index (κ2) is 6.64. The number of nitrogen functional groups attached to an aromatic ring is 1. The van der Waals surface area contributed by atoms with E-state index in [1.165, 1.54) is 6.07 Å². The number of piperidine rings is 1. The van der Waals surface area contributed by atoms with Crippen LogP contribution in [0.5, 0.6) is 5.75 Å². The standard InChI is InChI=1S/C17H25FN2O3/c1-17(2,3)23-16(22)20-6-4-11(5-7-20)8-12-9-13(18)15(21)14(19)10-12/h9-11,21H,4-8,19H2,1-3H3. The number of hydrogen-bond acceptors (Lipinski definition) is 4. The van der Waals surface area contributed by atoms with Gasteiger partial charge in [0.05, 0.1) is 5.69 Å². The summed E-state index contributed by atoms with van der Waals surface area (Å²) in [6, 6.07) is 2.94. The molecule has 0 aliphatic carbocycles. The minimum absolute atomic E-state index is 0.0613. The minimum atomic E-state index is -0.689. The molecule has 1 aromatic rings. The minimum Gasteiger partial charge on any atom is -0.503 e. The molecule has 1 amide bonds. The second-order valence-electron chi connectivity index (χ2n) is 7.13. The van der Waals surface area contributed by atoms with Crippen LogP contribution < -0.4 is 5.73 Å². The zero-order valence-corrected chi connectivity index (χ0v) is 13.9. The van der Waals surface area contributed by atoms with Gasteiger partial charge in [-0.25, -0.2) is 9.18 Å². The third-order valence-corrected chi connectivity index (χ3v) is 3.94. The third-order valence-electron chi connectivity index (χ3n) is 3.94. The van der Waals surface area contributed by atoms with E-state index in [1.807, 2.05) is 20.8 Å². The van der Waals surface area contributed by atoms with Crippen molar-refractivity contribution >= 4 is 11.8 Å². The fourth-order valence-corrected chi connectivity index (χ4v) is 2.78. The number of phenols is 1. The van der Waals surface area contributed by atoms with Crippen molar-refractivity contribution in [3.05, 3.63) is 23.5 Å². The van der Waals surface area contributed by atoms with Crippen molar-refractivity contribution in [1.82, 2.24) is 4.90 Å². The lowest BCUT2D eigenvalue weighted by Gasteiger charge is -2.33. The van der Waals surface area contributed by atoms with Crippen LogP contribution in [0, 0.1) is 11.7 Å². The first-order chi connectivity index (χ1) is 10.7. The summed E-state index contributed by atoms with van der Waals surface area (Å²) in [4.78, 5) is 13.7. The molecule has 128 valence electrons. The number of aromatic hydroxyl groups is 1. The number of nitrogens with zero attached hydrogens (tertiary/aromatic N) is 1. The number of likely N-dealkylation sites (tertiary alicyclic amines) is 1. The number of phenolic OH excluding ortho intramolecular Hbond substituents is 1. The number of nitrogens with two attached hydrogens (primary N) is 1. The van der Waals surface area contributed by atoms with Crippen molar-refractivity contribution in [3.63, 3.8) is 0 Å². The number of anilines is 1. The van der Waals surface area contributed by atoms with Crippen LogP contribution in [0.25, 0.3) is 0 Å². The SMILES string of the molecule is CC(C)(C)OC(=O)N1CCC(Cc2cc(N)c(O)c(F)c2)CC1. The summed E-state index contributed by atoms with van der Waals surface area (Å²) in [5.41, 5.74) is 5.93. The molecular formula is C17H25FN2O3.